The topological polar surface area (TPSA) is 371 Å². The van der Waals surface area contributed by atoms with E-state index in [-0.39, 0.29) is 48.1 Å². The molecule has 4 atom stereocenters. The predicted octanol–water partition coefficient (Wildman–Crippen LogP) is 3.72. The average molecular weight is 1230 g/mol. The smallest absolute Gasteiger partial charge is 0.455 e. The summed E-state index contributed by atoms with van der Waals surface area (Å²) in [4.78, 5) is 59.5. The van der Waals surface area contributed by atoms with E-state index in [0.717, 1.165) is 117 Å². The van der Waals surface area contributed by atoms with Crippen LogP contribution in [0.4, 0.5) is 11.5 Å². The lowest BCUT2D eigenvalue weighted by molar-refractivity contribution is -0.120. The van der Waals surface area contributed by atoms with Gasteiger partial charge in [-0.05, 0) is 94.0 Å². The van der Waals surface area contributed by atoms with Gasteiger partial charge < -0.3 is 49.6 Å². The van der Waals surface area contributed by atoms with Crippen molar-refractivity contribution in [2.75, 3.05) is 56.5 Å². The predicted molar refractivity (Wildman–Crippen MR) is 295 cm³/mol. The molecule has 0 bridgehead atoms. The maximum Gasteiger partial charge on any atom is 0.490 e. The van der Waals surface area contributed by atoms with Crippen LogP contribution in [0.3, 0.4) is 0 Å². The van der Waals surface area contributed by atoms with E-state index in [1.807, 2.05) is 0 Å². The molecule has 11 rings (SSSR count). The SMILES string of the molecule is Nc1ncnc2c1c(C#CCNC(=O)CCCCCNS(=O)(=O)c1ccc(C3=c4cc5c6c(c4Oc4c3cc3c7c4CCCN7CCC3)CCC[N+]=6CCC5)c(S(=O)(=O)O)c1)cn2[C@H]1CC[C@@H](COP(=O)(O)OP(=O)(O)OP(=O)(O)O)O1. The van der Waals surface area contributed by atoms with Crippen LogP contribution >= 0.6 is 23.5 Å². The number of fused-ring (bicyclic) bond motifs is 5. The molecule has 6 aliphatic rings. The number of amides is 1. The highest BCUT2D eigenvalue weighted by molar-refractivity contribution is 7.89. The molecule has 0 aliphatic carbocycles. The highest BCUT2D eigenvalue weighted by atomic mass is 32.2. The van der Waals surface area contributed by atoms with Crippen molar-refractivity contribution in [3.8, 4) is 23.3 Å². The van der Waals surface area contributed by atoms with Crippen molar-refractivity contribution in [2.24, 2.45) is 0 Å². The molecule has 1 saturated heterocycles. The number of nitrogen functional groups attached to an aromatic ring is 1. The van der Waals surface area contributed by atoms with Gasteiger partial charge in [-0.3, -0.25) is 13.9 Å². The molecule has 2 aromatic heterocycles. The Kier molecular flexibility index (Phi) is 16.3. The van der Waals surface area contributed by atoms with E-state index < -0.39 is 67.4 Å². The number of aryl methyl sites for hydroxylation is 2. The summed E-state index contributed by atoms with van der Waals surface area (Å²) < 4.78 is 132. The second kappa shape index (κ2) is 22.9. The lowest BCUT2D eigenvalue weighted by atomic mass is 9.82. The molecule has 0 spiro atoms. The van der Waals surface area contributed by atoms with Gasteiger partial charge in [-0.2, -0.15) is 17.0 Å². The number of carbonyl (C=O) groups excluding carboxylic acids is 1. The number of rotatable bonds is 19. The maximum absolute atomic E-state index is 13.9. The van der Waals surface area contributed by atoms with E-state index >= 15 is 0 Å². The molecule has 31 heteroatoms. The molecule has 1 fully saturated rings. The van der Waals surface area contributed by atoms with Gasteiger partial charge in [0, 0.05) is 83.8 Å². The first kappa shape index (κ1) is 58.3. The van der Waals surface area contributed by atoms with Crippen LogP contribution < -0.4 is 40.6 Å². The molecule has 1 amide bonds. The molecule has 9 N–H and O–H groups in total. The summed E-state index contributed by atoms with van der Waals surface area (Å²) in [6.45, 7) is 3.08. The van der Waals surface area contributed by atoms with Crippen LogP contribution in [0.2, 0.25) is 0 Å². The zero-order chi connectivity index (χ0) is 57.9. The molecule has 3 aromatic carbocycles. The molecule has 6 aliphatic heterocycles. The molecule has 0 radical (unpaired) electrons. The van der Waals surface area contributed by atoms with Gasteiger partial charge in [-0.25, -0.2) is 41.4 Å². The van der Waals surface area contributed by atoms with E-state index in [9.17, 15) is 49.7 Å². The number of aromatic nitrogens is 3. The van der Waals surface area contributed by atoms with Gasteiger partial charge in [-0.15, -0.1) is 0 Å². The molecule has 438 valence electrons. The maximum atomic E-state index is 13.9. The number of phosphoric acid groups is 3. The zero-order valence-corrected chi connectivity index (χ0v) is 48.4. The molecule has 8 heterocycles. The number of anilines is 2. The molecule has 5 aromatic rings. The van der Waals surface area contributed by atoms with Crippen LogP contribution in [-0.4, -0.2) is 113 Å². The van der Waals surface area contributed by atoms with Gasteiger partial charge in [-0.1, -0.05) is 24.3 Å². The van der Waals surface area contributed by atoms with Crippen LogP contribution in [0.25, 0.3) is 16.6 Å². The Labute approximate surface area is 471 Å². The summed E-state index contributed by atoms with van der Waals surface area (Å²) in [5, 5.41) is 5.03. The number of sulfonamides is 1. The molecule has 26 nitrogen and oxygen atoms in total. The Hall–Kier alpha value is -5.43. The normalized spacial score (nSPS) is 19.9. The minimum atomic E-state index is -5.70. The van der Waals surface area contributed by atoms with Crippen molar-refractivity contribution in [3.05, 3.63) is 92.4 Å². The summed E-state index contributed by atoms with van der Waals surface area (Å²) in [5.74, 6) is 6.99. The molecular weight excluding hydrogens is 1170 g/mol. The number of ether oxygens (including phenoxy) is 2. The average Bonchev–Trinajstić information content (AvgIpc) is 3.38. The van der Waals surface area contributed by atoms with Crippen molar-refractivity contribution >= 4 is 77.6 Å². The van der Waals surface area contributed by atoms with Crippen LogP contribution in [0, 0.1) is 11.8 Å². The fourth-order valence-electron chi connectivity index (χ4n) is 12.1. The summed E-state index contributed by atoms with van der Waals surface area (Å²) in [7, 11) is -25.9. The Morgan fingerprint density at radius 1 is 0.866 bits per heavy atom. The van der Waals surface area contributed by atoms with Crippen LogP contribution in [-0.2, 0) is 82.2 Å². The van der Waals surface area contributed by atoms with Crippen molar-refractivity contribution in [1.82, 2.24) is 29.1 Å². The number of nitrogens with one attached hydrogen (secondary N) is 2. The fraction of sp³-hybridized carbons (Fsp3) is 0.451. The Bertz CT molecular complexity index is 4050. The third-order valence-electron chi connectivity index (χ3n) is 15.3. The summed E-state index contributed by atoms with van der Waals surface area (Å²) in [6, 6.07) is 8.09. The fourth-order valence-corrected chi connectivity index (χ4v) is 17.0. The van der Waals surface area contributed by atoms with Gasteiger partial charge in [0.25, 0.3) is 10.1 Å². The van der Waals surface area contributed by atoms with Gasteiger partial charge in [0.1, 0.15) is 53.5 Å². The second-order valence-corrected chi connectivity index (χ2v) is 28.4. The van der Waals surface area contributed by atoms with Gasteiger partial charge >= 0.3 is 23.5 Å². The molecule has 0 saturated carbocycles. The van der Waals surface area contributed by atoms with Crippen LogP contribution in [0.5, 0.6) is 11.5 Å². The first-order valence-corrected chi connectivity index (χ1v) is 34.2. The largest absolute Gasteiger partial charge is 0.490 e. The third-order valence-corrected chi connectivity index (χ3v) is 21.5. The van der Waals surface area contributed by atoms with Crippen molar-refractivity contribution < 1.29 is 82.1 Å². The third kappa shape index (κ3) is 12.2. The standard InChI is InChI=1S/C51H59N8O18P3S2/c52-50-44-33(28-59(51(44)55-30-54-50)43-18-15-34(74-43)29-73-79(64,65)77-80(66,67)76-78(61,62)63)9-4-19-53-42(60)14-2-1-3-20-56-81(68,69)35-16-17-36(41(27-35)82(70,71)72)45-39-25-31-10-5-21-57-23-7-12-37(46(31)57)48(39)75-49-38-13-8-24-58-22-6-11-32(47(38)58)26-40(45)49/h16-17,25-28,30,34,43,56H,1-3,5-8,10-15,18-24,29H2,(H7-,52,53,54,55,60,61,62,63,64,65,66,67,70,71,72)/p+1/t34-,43+/m0/s1. The number of nitrogens with zero attached hydrogens (tertiary/aromatic N) is 5. The summed E-state index contributed by atoms with van der Waals surface area (Å²) in [5.41, 5.74) is 14.1. The minimum absolute atomic E-state index is 0.0152. The minimum Gasteiger partial charge on any atom is -0.455 e. The quantitative estimate of drug-likeness (QED) is 0.0188. The molecule has 82 heavy (non-hydrogen) atoms. The number of benzene rings is 3. The van der Waals surface area contributed by atoms with E-state index in [0.29, 0.717) is 59.4 Å². The zero-order valence-electron chi connectivity index (χ0n) is 44.1. The number of nitrogens with two attached hydrogens (primary N) is 1. The van der Waals surface area contributed by atoms with Gasteiger partial charge in [0.2, 0.25) is 21.3 Å². The second-order valence-electron chi connectivity index (χ2n) is 20.8. The summed E-state index contributed by atoms with van der Waals surface area (Å²) >= 11 is 0. The van der Waals surface area contributed by atoms with Crippen LogP contribution in [0.15, 0.2) is 52.6 Å². The number of unbranched alkanes of at least 4 members (excludes halogenated alkanes) is 2. The number of phosphoric ester groups is 1. The van der Waals surface area contributed by atoms with Crippen molar-refractivity contribution in [2.45, 2.75) is 112 Å². The first-order chi connectivity index (χ1) is 38.9. The Morgan fingerprint density at radius 3 is 2.40 bits per heavy atom. The Morgan fingerprint density at radius 2 is 1.62 bits per heavy atom. The lowest BCUT2D eigenvalue weighted by Gasteiger charge is -2.39. The monoisotopic (exact) mass is 1230 g/mol. The highest BCUT2D eigenvalue weighted by Crippen LogP contribution is 2.66. The number of carbonyl (C=O) groups is 1. The first-order valence-electron chi connectivity index (χ1n) is 26.8. The van der Waals surface area contributed by atoms with Crippen molar-refractivity contribution in [1.29, 1.82) is 0 Å². The van der Waals surface area contributed by atoms with Crippen molar-refractivity contribution in [3.63, 3.8) is 0 Å². The molecular formula is C51H60N8O18P3S2+. The van der Waals surface area contributed by atoms with Gasteiger partial charge in [0.05, 0.1) is 40.7 Å². The lowest BCUT2D eigenvalue weighted by Crippen LogP contribution is -2.45. The van der Waals surface area contributed by atoms with Crippen LogP contribution in [0.1, 0.15) is 109 Å². The van der Waals surface area contributed by atoms with E-state index in [1.54, 1.807) is 10.8 Å². The van der Waals surface area contributed by atoms with E-state index in [1.165, 1.54) is 29.5 Å². The van der Waals surface area contributed by atoms with Gasteiger partial charge in [0.15, 0.2) is 0 Å². The number of hydrogen-bond acceptors (Lipinski definition) is 17. The summed E-state index contributed by atoms with van der Waals surface area (Å²) in [6.07, 6.45) is 10.2. The van der Waals surface area contributed by atoms with E-state index in [4.69, 9.17) is 29.5 Å². The Balaban J connectivity index is 0.721. The van der Waals surface area contributed by atoms with E-state index in [2.05, 4.69) is 62.1 Å². The molecule has 2 unspecified atom stereocenters. The highest BCUT2D eigenvalue weighted by Gasteiger charge is 2.42. The number of hydrogen-bond donors (Lipinski definition) is 8.